The molecule has 1 aromatic carbocycles. The van der Waals surface area contributed by atoms with Crippen LogP contribution in [0.3, 0.4) is 0 Å². The Morgan fingerprint density at radius 1 is 1.39 bits per heavy atom. The van der Waals surface area contributed by atoms with E-state index in [1.54, 1.807) is 33.8 Å². The third kappa shape index (κ3) is 3.79. The van der Waals surface area contributed by atoms with E-state index in [9.17, 15) is 17.9 Å². The van der Waals surface area contributed by atoms with Gasteiger partial charge in [-0.1, -0.05) is 23.2 Å². The average Bonchev–Trinajstić information content (AvgIpc) is 2.60. The van der Waals surface area contributed by atoms with Crippen LogP contribution in [0, 0.1) is 5.82 Å². The molecule has 5 nitrogen and oxygen atoms in total. The van der Waals surface area contributed by atoms with Crippen molar-refractivity contribution in [2.45, 2.75) is 45.2 Å². The number of hydrogen-bond acceptors (Lipinski definition) is 5. The first-order valence-electron chi connectivity index (χ1n) is 7.11. The summed E-state index contributed by atoms with van der Waals surface area (Å²) in [6.07, 6.45) is -0.242. The van der Waals surface area contributed by atoms with Crippen LogP contribution in [0.25, 0.3) is 5.57 Å². The second kappa shape index (κ2) is 6.41. The topological polar surface area (TPSA) is 75.7 Å². The van der Waals surface area contributed by atoms with Crippen molar-refractivity contribution in [3.63, 3.8) is 0 Å². The van der Waals surface area contributed by atoms with Gasteiger partial charge in [0.15, 0.2) is 0 Å². The van der Waals surface area contributed by atoms with E-state index < -0.39 is 34.2 Å². The number of esters is 1. The molecular formula is C16H18FO5S-. The molecule has 0 aromatic heterocycles. The van der Waals surface area contributed by atoms with E-state index in [0.29, 0.717) is 11.1 Å². The quantitative estimate of drug-likeness (QED) is 0.608. The summed E-state index contributed by atoms with van der Waals surface area (Å²) in [5, 5.41) is 0. The minimum Gasteiger partial charge on any atom is -0.772 e. The standard InChI is InChI=1S/C16H19FO5S/c1-9(2)21-14-13(16(3,4)22-15(14)18)10-5-6-11(8-23(19)20)12(17)7-10/h5-7,9H,8H2,1-4H3,(H,19,20)/p-1. The molecule has 0 bridgehead atoms. The van der Waals surface area contributed by atoms with Gasteiger partial charge >= 0.3 is 5.97 Å². The van der Waals surface area contributed by atoms with Crippen molar-refractivity contribution in [1.29, 1.82) is 0 Å². The van der Waals surface area contributed by atoms with Crippen LogP contribution in [-0.2, 0) is 31.1 Å². The second-order valence-corrected chi connectivity index (χ2v) is 6.92. The molecule has 1 atom stereocenters. The summed E-state index contributed by atoms with van der Waals surface area (Å²) in [5.74, 6) is -1.59. The van der Waals surface area contributed by atoms with Crippen LogP contribution < -0.4 is 0 Å². The molecule has 0 amide bonds. The normalized spacial score (nSPS) is 18.3. The molecular weight excluding hydrogens is 323 g/mol. The van der Waals surface area contributed by atoms with Gasteiger partial charge in [0.1, 0.15) is 11.4 Å². The summed E-state index contributed by atoms with van der Waals surface area (Å²) in [6, 6.07) is 4.15. The van der Waals surface area contributed by atoms with Gasteiger partial charge in [-0.2, -0.15) is 0 Å². The van der Waals surface area contributed by atoms with Crippen LogP contribution in [0.1, 0.15) is 38.8 Å². The third-order valence-corrected chi connectivity index (χ3v) is 3.88. The van der Waals surface area contributed by atoms with Crippen molar-refractivity contribution in [3.8, 4) is 0 Å². The fourth-order valence-corrected chi connectivity index (χ4v) is 2.96. The minimum atomic E-state index is -2.38. The molecule has 23 heavy (non-hydrogen) atoms. The van der Waals surface area contributed by atoms with Crippen molar-refractivity contribution >= 4 is 22.6 Å². The molecule has 1 aromatic rings. The first-order chi connectivity index (χ1) is 10.6. The molecule has 2 rings (SSSR count). The third-order valence-electron chi connectivity index (χ3n) is 3.33. The van der Waals surface area contributed by atoms with Crippen LogP contribution in [0.4, 0.5) is 4.39 Å². The monoisotopic (exact) mass is 341 g/mol. The zero-order chi connectivity index (χ0) is 17.4. The highest BCUT2D eigenvalue weighted by atomic mass is 32.2. The van der Waals surface area contributed by atoms with Gasteiger partial charge in [-0.25, -0.2) is 9.18 Å². The molecule has 7 heteroatoms. The van der Waals surface area contributed by atoms with Crippen LogP contribution in [0.2, 0.25) is 0 Å². The number of halogens is 1. The van der Waals surface area contributed by atoms with E-state index in [1.165, 1.54) is 12.1 Å². The number of hydrogen-bond donors (Lipinski definition) is 0. The maximum Gasteiger partial charge on any atom is 0.374 e. The van der Waals surface area contributed by atoms with Crippen molar-refractivity contribution in [1.82, 2.24) is 0 Å². The lowest BCUT2D eigenvalue weighted by Gasteiger charge is -2.21. The average molecular weight is 341 g/mol. The molecule has 1 aliphatic rings. The van der Waals surface area contributed by atoms with E-state index >= 15 is 0 Å². The van der Waals surface area contributed by atoms with Gasteiger partial charge in [0, 0.05) is 5.75 Å². The van der Waals surface area contributed by atoms with Gasteiger partial charge in [0.05, 0.1) is 11.7 Å². The summed E-state index contributed by atoms with van der Waals surface area (Å²) in [7, 11) is 0. The number of cyclic esters (lactones) is 1. The van der Waals surface area contributed by atoms with E-state index in [0.717, 1.165) is 0 Å². The molecule has 0 saturated heterocycles. The van der Waals surface area contributed by atoms with Gasteiger partial charge < -0.3 is 14.0 Å². The maximum absolute atomic E-state index is 14.1. The lowest BCUT2D eigenvalue weighted by molar-refractivity contribution is -0.147. The molecule has 126 valence electrons. The Hall–Kier alpha value is -1.73. The lowest BCUT2D eigenvalue weighted by Crippen LogP contribution is -2.22. The predicted molar refractivity (Wildman–Crippen MR) is 82.3 cm³/mol. The Morgan fingerprint density at radius 2 is 2.04 bits per heavy atom. The highest BCUT2D eigenvalue weighted by Crippen LogP contribution is 2.40. The Kier molecular flexibility index (Phi) is 4.91. The Morgan fingerprint density at radius 3 is 2.57 bits per heavy atom. The molecule has 0 N–H and O–H groups in total. The van der Waals surface area contributed by atoms with Gasteiger partial charge in [-0.15, -0.1) is 0 Å². The van der Waals surface area contributed by atoms with E-state index in [2.05, 4.69) is 0 Å². The van der Waals surface area contributed by atoms with E-state index in [4.69, 9.17) is 9.47 Å². The number of benzene rings is 1. The highest BCUT2D eigenvalue weighted by molar-refractivity contribution is 7.78. The molecule has 0 radical (unpaired) electrons. The van der Waals surface area contributed by atoms with Crippen molar-refractivity contribution in [3.05, 3.63) is 40.9 Å². The van der Waals surface area contributed by atoms with E-state index in [-0.39, 0.29) is 17.4 Å². The van der Waals surface area contributed by atoms with Crippen LogP contribution in [0.5, 0.6) is 0 Å². The Bertz CT molecular complexity index is 694. The molecule has 0 saturated carbocycles. The number of rotatable bonds is 5. The second-order valence-electron chi connectivity index (χ2n) is 6.02. The fourth-order valence-electron chi connectivity index (χ4n) is 2.47. The lowest BCUT2D eigenvalue weighted by atomic mass is 9.91. The summed E-state index contributed by atoms with van der Waals surface area (Å²) in [4.78, 5) is 12.0. The maximum atomic E-state index is 14.1. The largest absolute Gasteiger partial charge is 0.772 e. The summed E-state index contributed by atoms with van der Waals surface area (Å²) in [6.45, 7) is 6.93. The smallest absolute Gasteiger partial charge is 0.374 e. The zero-order valence-corrected chi connectivity index (χ0v) is 14.2. The molecule has 0 spiro atoms. The molecule has 0 aliphatic carbocycles. The first kappa shape index (κ1) is 17.6. The van der Waals surface area contributed by atoms with Crippen molar-refractivity contribution in [2.24, 2.45) is 0 Å². The Labute approximate surface area is 136 Å². The number of ether oxygens (including phenoxy) is 2. The van der Waals surface area contributed by atoms with Gasteiger partial charge in [-0.3, -0.25) is 4.21 Å². The molecule has 1 heterocycles. The molecule has 1 aliphatic heterocycles. The highest BCUT2D eigenvalue weighted by Gasteiger charge is 2.43. The molecule has 1 unspecified atom stereocenters. The van der Waals surface area contributed by atoms with Crippen LogP contribution >= 0.6 is 0 Å². The zero-order valence-electron chi connectivity index (χ0n) is 13.3. The SMILES string of the molecule is CC(C)OC1=C(c2ccc(CS(=O)[O-])c(F)c2)C(C)(C)OC1=O. The molecule has 0 fully saturated rings. The van der Waals surface area contributed by atoms with Gasteiger partial charge in [-0.05, 0) is 44.9 Å². The van der Waals surface area contributed by atoms with E-state index in [1.807, 2.05) is 0 Å². The van der Waals surface area contributed by atoms with Crippen LogP contribution in [-0.4, -0.2) is 26.4 Å². The van der Waals surface area contributed by atoms with Crippen molar-refractivity contribution in [2.75, 3.05) is 0 Å². The fraction of sp³-hybridized carbons (Fsp3) is 0.438. The number of carbonyl (C=O) groups is 1. The predicted octanol–water partition coefficient (Wildman–Crippen LogP) is 2.68. The summed E-state index contributed by atoms with van der Waals surface area (Å²) < 4.78 is 46.4. The Balaban J connectivity index is 2.52. The van der Waals surface area contributed by atoms with Crippen molar-refractivity contribution < 1.29 is 27.4 Å². The number of carbonyl (C=O) groups excluding carboxylic acids is 1. The van der Waals surface area contributed by atoms with Gasteiger partial charge in [0.2, 0.25) is 5.76 Å². The first-order valence-corrected chi connectivity index (χ1v) is 8.35. The summed E-state index contributed by atoms with van der Waals surface area (Å²) in [5.41, 5.74) is -0.0206. The van der Waals surface area contributed by atoms with Gasteiger partial charge in [0.25, 0.3) is 0 Å². The van der Waals surface area contributed by atoms with Crippen LogP contribution in [0.15, 0.2) is 24.0 Å². The minimum absolute atomic E-state index is 0.0598. The summed E-state index contributed by atoms with van der Waals surface area (Å²) >= 11 is -2.38.